The Morgan fingerprint density at radius 3 is 0.769 bits per heavy atom. The second kappa shape index (κ2) is 38.8. The molecule has 0 aliphatic heterocycles. The average molecular weight is 260 g/mol. The van der Waals surface area contributed by atoms with Crippen LogP contribution in [0.15, 0.2) is 0 Å². The van der Waals surface area contributed by atoms with Gasteiger partial charge in [0.2, 0.25) is 0 Å². The molecule has 0 heterocycles. The maximum absolute atomic E-state index is 8.88. The van der Waals surface area contributed by atoms with Gasteiger partial charge in [0.15, 0.2) is 0 Å². The van der Waals surface area contributed by atoms with Crippen molar-refractivity contribution >= 4 is 21.3 Å². The third kappa shape index (κ3) is 3520. The van der Waals surface area contributed by atoms with Gasteiger partial charge in [0.25, 0.3) is 0 Å². The Labute approximate surface area is 89.7 Å². The van der Waals surface area contributed by atoms with Gasteiger partial charge in [-0.25, -0.2) is 4.57 Å². The number of halogens is 6. The Hall–Kier alpha value is 0.637. The Kier molecular flexibility index (Phi) is 303. The van der Waals surface area contributed by atoms with E-state index in [2.05, 4.69) is 0 Å². The molecule has 0 aromatic carbocycles. The van der Waals surface area contributed by atoms with Crippen LogP contribution < -0.4 is 18.9 Å². The molecule has 4 nitrogen and oxygen atoms in total. The van der Waals surface area contributed by atoms with E-state index >= 15 is 0 Å². The van der Waals surface area contributed by atoms with Crippen molar-refractivity contribution in [2.24, 2.45) is 0 Å². The van der Waals surface area contributed by atoms with Gasteiger partial charge in [-0.15, -0.1) is 0 Å². The molecule has 0 aromatic heterocycles. The molecule has 0 fully saturated rings. The molecule has 0 unspecified atom stereocenters. The van der Waals surface area contributed by atoms with Gasteiger partial charge in [-0.05, 0) is 0 Å². The van der Waals surface area contributed by atoms with Crippen molar-refractivity contribution in [3.63, 3.8) is 0 Å². The minimum Gasteiger partial charge on any atom is -1.00 e. The normalized spacial score (nSPS) is 4.54. The Morgan fingerprint density at radius 2 is 0.769 bits per heavy atom. The molecule has 0 rings (SSSR count). The van der Waals surface area contributed by atoms with Gasteiger partial charge in [-0.1, -0.05) is 0 Å². The summed E-state index contributed by atoms with van der Waals surface area (Å²) in [5, 5.41) is 0. The van der Waals surface area contributed by atoms with Crippen LogP contribution >= 0.6 is 21.3 Å². The molecule has 3 N–H and O–H groups in total. The zero-order chi connectivity index (χ0) is 4.50. The first-order valence-corrected chi connectivity index (χ1v) is 2.35. The van der Waals surface area contributed by atoms with Gasteiger partial charge in [0.05, 0.1) is 0 Å². The second-order valence-electron chi connectivity index (χ2n) is 0.513. The first-order chi connectivity index (χ1) is 2.00. The summed E-state index contributed by atoms with van der Waals surface area (Å²) in [7, 11) is -4.64. The van der Waals surface area contributed by atoms with Crippen molar-refractivity contribution in [2.45, 2.75) is 0 Å². The van der Waals surface area contributed by atoms with E-state index in [1.165, 1.54) is 0 Å². The van der Waals surface area contributed by atoms with Gasteiger partial charge in [0.1, 0.15) is 0 Å². The summed E-state index contributed by atoms with van der Waals surface area (Å²) in [5.74, 6) is 0. The van der Waals surface area contributed by atoms with Crippen LogP contribution in [0.2, 0.25) is 0 Å². The number of phosphoric acid groups is 1. The van der Waals surface area contributed by atoms with E-state index in [4.69, 9.17) is 19.2 Å². The van der Waals surface area contributed by atoms with Crippen molar-refractivity contribution in [3.8, 4) is 0 Å². The molecule has 13 heavy (non-hydrogen) atoms. The summed E-state index contributed by atoms with van der Waals surface area (Å²) >= 11 is 0. The van der Waals surface area contributed by atoms with E-state index in [9.17, 15) is 0 Å². The van der Waals surface area contributed by atoms with E-state index in [0.29, 0.717) is 0 Å². The zero-order valence-electron chi connectivity index (χ0n) is 7.15. The summed E-state index contributed by atoms with van der Waals surface area (Å²) in [5.41, 5.74) is 0. The first-order valence-electron chi connectivity index (χ1n) is 0.783. The molecule has 0 atom stereocenters. The minimum absolute atomic E-state index is 0. The largest absolute Gasteiger partial charge is 1.00 e. The number of hydrogen-bond donors (Lipinski definition) is 3. The van der Waals surface area contributed by atoms with Gasteiger partial charge in [-0.2, -0.15) is 13.5 Å². The Morgan fingerprint density at radius 1 is 0.769 bits per heavy atom. The molecule has 0 aromatic rings. The molecule has 90 valence electrons. The quantitative estimate of drug-likeness (QED) is 0.250. The van der Waals surface area contributed by atoms with Crippen LogP contribution in [0.5, 0.6) is 0 Å². The molecule has 0 bridgehead atoms. The maximum Gasteiger partial charge on any atom is 1.00 e. The minimum atomic E-state index is -4.64. The van der Waals surface area contributed by atoms with E-state index in [-0.39, 0.29) is 62.0 Å². The Bertz CT molecular complexity index is 76.0. The van der Waals surface area contributed by atoms with Crippen LogP contribution in [-0.2, 0) is 4.57 Å². The van der Waals surface area contributed by atoms with Gasteiger partial charge >= 0.3 is 26.7 Å². The summed E-state index contributed by atoms with van der Waals surface area (Å²) < 4.78 is 8.88. The van der Waals surface area contributed by atoms with E-state index in [1.807, 2.05) is 0 Å². The summed E-state index contributed by atoms with van der Waals surface area (Å²) in [6, 6.07) is 0. The molecule has 0 saturated carbocycles. The predicted octanol–water partition coefficient (Wildman–Crippen LogP) is -2.78. The van der Waals surface area contributed by atoms with Crippen LogP contribution in [0.3, 0.4) is 0 Å². The fraction of sp³-hybridized carbons (Fsp3) is 0. The second-order valence-corrected chi connectivity index (χ2v) is 1.54. The van der Waals surface area contributed by atoms with Crippen LogP contribution in [-0.4, -0.2) is 14.7 Å². The van der Waals surface area contributed by atoms with Crippen LogP contribution in [0.4, 0.5) is 28.2 Å². The van der Waals surface area contributed by atoms with Crippen LogP contribution in [0.1, 0.15) is 1.43 Å². The fourth-order valence-corrected chi connectivity index (χ4v) is 0. The SMILES string of the molecule is F.F.F.F.F.F.O=P(O)(O)O.S.[H-].[Li+]. The van der Waals surface area contributed by atoms with E-state index in [0.717, 1.165) is 0 Å². The number of hydrogen-bond acceptors (Lipinski definition) is 1. The smallest absolute Gasteiger partial charge is 1.00 e. The molecular weight excluding hydrogens is 248 g/mol. The molecule has 0 amide bonds. The molecular formula is H12F6LiO4PS. The third-order valence-electron chi connectivity index (χ3n) is 0. The van der Waals surface area contributed by atoms with E-state index in [1.54, 1.807) is 0 Å². The van der Waals surface area contributed by atoms with Crippen molar-refractivity contribution in [1.29, 1.82) is 0 Å². The van der Waals surface area contributed by atoms with Crippen molar-refractivity contribution in [3.05, 3.63) is 0 Å². The molecule has 0 aliphatic rings. The van der Waals surface area contributed by atoms with Crippen molar-refractivity contribution in [1.82, 2.24) is 0 Å². The predicted molar refractivity (Wildman–Crippen MR) is 40.8 cm³/mol. The fourth-order valence-electron chi connectivity index (χ4n) is 0. The van der Waals surface area contributed by atoms with E-state index < -0.39 is 7.82 Å². The average Bonchev–Trinajstić information content (AvgIpc) is 0.722. The van der Waals surface area contributed by atoms with Crippen LogP contribution in [0.25, 0.3) is 0 Å². The molecule has 0 aliphatic carbocycles. The van der Waals surface area contributed by atoms with Crippen molar-refractivity contribution in [2.75, 3.05) is 0 Å². The van der Waals surface area contributed by atoms with Gasteiger partial charge in [0, 0.05) is 0 Å². The topological polar surface area (TPSA) is 77.8 Å². The monoisotopic (exact) mass is 260 g/mol. The summed E-state index contributed by atoms with van der Waals surface area (Å²) in [4.78, 5) is 21.6. The maximum atomic E-state index is 8.88. The van der Waals surface area contributed by atoms with Gasteiger partial charge < -0.3 is 16.1 Å². The van der Waals surface area contributed by atoms with Crippen molar-refractivity contribution < 1.29 is 67.8 Å². The standard InChI is InChI=1S/6FH.Li.H3O4P.H2S.H/c;;;;;;;1-5(2,3)4;;/h6*1H;;(H3,1,2,3,4);1H2;/q;;;;;;+1;;;-1. The number of rotatable bonds is 0. The summed E-state index contributed by atoms with van der Waals surface area (Å²) in [6.45, 7) is 0. The molecule has 13 heteroatoms. The van der Waals surface area contributed by atoms with Gasteiger partial charge in [-0.3, -0.25) is 28.2 Å². The first kappa shape index (κ1) is 101. The Balaban J connectivity index is -0.00000000222. The molecule has 0 saturated heterocycles. The third-order valence-corrected chi connectivity index (χ3v) is 0. The molecule has 0 radical (unpaired) electrons. The summed E-state index contributed by atoms with van der Waals surface area (Å²) in [6.07, 6.45) is 0. The molecule has 0 spiro atoms. The van der Waals surface area contributed by atoms with Crippen LogP contribution in [0, 0.1) is 0 Å². The zero-order valence-corrected chi connectivity index (χ0v) is 8.04.